The van der Waals surface area contributed by atoms with Gasteiger partial charge in [-0.2, -0.15) is 0 Å². The molecule has 0 heterocycles. The van der Waals surface area contributed by atoms with E-state index in [4.69, 9.17) is 0 Å². The van der Waals surface area contributed by atoms with Crippen LogP contribution in [0.5, 0.6) is 0 Å². The predicted molar refractivity (Wildman–Crippen MR) is 89.2 cm³/mol. The molecule has 1 aromatic carbocycles. The fraction of sp³-hybridized carbons (Fsp3) is 0.650. The maximum atomic E-state index is 11.2. The fourth-order valence-corrected chi connectivity index (χ4v) is 4.38. The van der Waals surface area contributed by atoms with Crippen LogP contribution < -0.4 is 0 Å². The number of rotatable bonds is 5. The molecule has 2 aliphatic carbocycles. The van der Waals surface area contributed by atoms with E-state index in [1.165, 1.54) is 56.1 Å². The lowest BCUT2D eigenvalue weighted by atomic mass is 9.74. The van der Waals surface area contributed by atoms with Crippen molar-refractivity contribution < 1.29 is 9.90 Å². The van der Waals surface area contributed by atoms with E-state index in [0.717, 1.165) is 25.2 Å². The molecule has 0 fully saturated rings. The van der Waals surface area contributed by atoms with Gasteiger partial charge >= 0.3 is 5.97 Å². The molecule has 2 aliphatic rings. The molecular weight excluding hydrogens is 272 g/mol. The van der Waals surface area contributed by atoms with Gasteiger partial charge in [-0.3, -0.25) is 4.79 Å². The average Bonchev–Trinajstić information content (AvgIpc) is 2.54. The van der Waals surface area contributed by atoms with Crippen molar-refractivity contribution in [3.8, 4) is 0 Å². The van der Waals surface area contributed by atoms with Gasteiger partial charge in [-0.05, 0) is 66.7 Å². The van der Waals surface area contributed by atoms with Gasteiger partial charge in [-0.1, -0.05) is 44.7 Å². The standard InChI is InChI=1S/C20H28O2/c1-2-3-4-5-14-6-10-18-15(12-14)7-8-16-13-17(20(21)22)9-11-19(16)18/h7-8,14,17H,2-6,9-13H2,1H3,(H,21,22)/t14-,17-/m0/s1. The largest absolute Gasteiger partial charge is 0.481 e. The van der Waals surface area contributed by atoms with Gasteiger partial charge < -0.3 is 5.11 Å². The molecule has 0 spiro atoms. The Bertz CT molecular complexity index is 547. The van der Waals surface area contributed by atoms with Gasteiger partial charge in [0.2, 0.25) is 0 Å². The first kappa shape index (κ1) is 15.6. The van der Waals surface area contributed by atoms with Crippen LogP contribution in [-0.2, 0) is 30.5 Å². The van der Waals surface area contributed by atoms with E-state index >= 15 is 0 Å². The summed E-state index contributed by atoms with van der Waals surface area (Å²) in [6.07, 6.45) is 11.7. The Morgan fingerprint density at radius 3 is 2.45 bits per heavy atom. The number of carbonyl (C=O) groups is 1. The molecule has 120 valence electrons. The highest BCUT2D eigenvalue weighted by atomic mass is 16.4. The molecule has 0 unspecified atom stereocenters. The van der Waals surface area contributed by atoms with Gasteiger partial charge in [0.1, 0.15) is 0 Å². The quantitative estimate of drug-likeness (QED) is 0.809. The Balaban J connectivity index is 1.72. The van der Waals surface area contributed by atoms with Crippen LogP contribution in [0.25, 0.3) is 0 Å². The highest BCUT2D eigenvalue weighted by Gasteiger charge is 2.28. The molecule has 0 bridgehead atoms. The van der Waals surface area contributed by atoms with Gasteiger partial charge in [0.15, 0.2) is 0 Å². The second kappa shape index (κ2) is 6.85. The molecule has 0 saturated carbocycles. The van der Waals surface area contributed by atoms with Crippen molar-refractivity contribution in [2.24, 2.45) is 11.8 Å². The number of benzene rings is 1. The van der Waals surface area contributed by atoms with Crippen LogP contribution >= 0.6 is 0 Å². The molecule has 1 aromatic rings. The zero-order chi connectivity index (χ0) is 15.5. The first-order valence-corrected chi connectivity index (χ1v) is 9.04. The van der Waals surface area contributed by atoms with E-state index in [0.29, 0.717) is 0 Å². The second-order valence-electron chi connectivity index (χ2n) is 7.22. The first-order chi connectivity index (χ1) is 10.7. The normalized spacial score (nSPS) is 23.7. The van der Waals surface area contributed by atoms with Gasteiger partial charge in [-0.25, -0.2) is 0 Å². The molecule has 0 radical (unpaired) electrons. The van der Waals surface area contributed by atoms with Crippen LogP contribution in [0.2, 0.25) is 0 Å². The third-order valence-electron chi connectivity index (χ3n) is 5.71. The van der Waals surface area contributed by atoms with Crippen molar-refractivity contribution in [1.29, 1.82) is 0 Å². The predicted octanol–water partition coefficient (Wildman–Crippen LogP) is 4.56. The maximum absolute atomic E-state index is 11.2. The van der Waals surface area contributed by atoms with E-state index in [1.807, 2.05) is 0 Å². The number of unbranched alkanes of at least 4 members (excludes halogenated alkanes) is 2. The number of hydrogen-bond acceptors (Lipinski definition) is 1. The molecule has 0 saturated heterocycles. The van der Waals surface area contributed by atoms with E-state index in [9.17, 15) is 9.90 Å². The van der Waals surface area contributed by atoms with Crippen molar-refractivity contribution in [1.82, 2.24) is 0 Å². The molecule has 2 nitrogen and oxygen atoms in total. The number of fused-ring (bicyclic) bond motifs is 3. The minimum atomic E-state index is -0.626. The van der Waals surface area contributed by atoms with Crippen molar-refractivity contribution >= 4 is 5.97 Å². The minimum Gasteiger partial charge on any atom is -0.481 e. The monoisotopic (exact) mass is 300 g/mol. The van der Waals surface area contributed by atoms with Crippen molar-refractivity contribution in [3.63, 3.8) is 0 Å². The first-order valence-electron chi connectivity index (χ1n) is 9.04. The molecule has 22 heavy (non-hydrogen) atoms. The van der Waals surface area contributed by atoms with Gasteiger partial charge in [0, 0.05) is 0 Å². The number of carboxylic acids is 1. The summed E-state index contributed by atoms with van der Waals surface area (Å²) < 4.78 is 0. The van der Waals surface area contributed by atoms with Crippen molar-refractivity contribution in [2.45, 2.75) is 71.1 Å². The van der Waals surface area contributed by atoms with Gasteiger partial charge in [-0.15, -0.1) is 0 Å². The van der Waals surface area contributed by atoms with Gasteiger partial charge in [0.25, 0.3) is 0 Å². The fourth-order valence-electron chi connectivity index (χ4n) is 4.38. The smallest absolute Gasteiger partial charge is 0.306 e. The SMILES string of the molecule is CCCCC[C@H]1CCc2c(ccc3c2CC[C@H](C(=O)O)C3)C1. The van der Waals surface area contributed by atoms with E-state index < -0.39 is 5.97 Å². The lowest BCUT2D eigenvalue weighted by Gasteiger charge is -2.31. The molecule has 1 N–H and O–H groups in total. The second-order valence-corrected chi connectivity index (χ2v) is 7.22. The summed E-state index contributed by atoms with van der Waals surface area (Å²) in [5.74, 6) is 0.0720. The van der Waals surface area contributed by atoms with Crippen LogP contribution in [0, 0.1) is 11.8 Å². The van der Waals surface area contributed by atoms with Crippen LogP contribution in [-0.4, -0.2) is 11.1 Å². The van der Waals surface area contributed by atoms with E-state index in [-0.39, 0.29) is 5.92 Å². The van der Waals surface area contributed by atoms with E-state index in [2.05, 4.69) is 19.1 Å². The maximum Gasteiger partial charge on any atom is 0.306 e. The average molecular weight is 300 g/mol. The molecule has 2 heteroatoms. The van der Waals surface area contributed by atoms with Crippen LogP contribution in [0.1, 0.15) is 67.7 Å². The van der Waals surface area contributed by atoms with Crippen LogP contribution in [0.3, 0.4) is 0 Å². The number of hydrogen-bond donors (Lipinski definition) is 1. The Hall–Kier alpha value is -1.31. The molecule has 0 aromatic heterocycles. The Kier molecular flexibility index (Phi) is 4.85. The zero-order valence-corrected chi connectivity index (χ0v) is 13.7. The highest BCUT2D eigenvalue weighted by molar-refractivity contribution is 5.71. The molecular formula is C20H28O2. The summed E-state index contributed by atoms with van der Waals surface area (Å²) in [4.78, 5) is 11.2. The molecule has 0 aliphatic heterocycles. The summed E-state index contributed by atoms with van der Waals surface area (Å²) in [5.41, 5.74) is 5.94. The Labute approximate surface area is 133 Å². The van der Waals surface area contributed by atoms with Crippen LogP contribution in [0.15, 0.2) is 12.1 Å². The Morgan fingerprint density at radius 1 is 1.09 bits per heavy atom. The third kappa shape index (κ3) is 3.21. The Morgan fingerprint density at radius 2 is 1.77 bits per heavy atom. The zero-order valence-electron chi connectivity index (χ0n) is 13.7. The highest BCUT2D eigenvalue weighted by Crippen LogP contribution is 2.36. The van der Waals surface area contributed by atoms with E-state index in [1.54, 1.807) is 11.1 Å². The summed E-state index contributed by atoms with van der Waals surface area (Å²) in [5, 5.41) is 9.24. The molecule has 0 amide bonds. The molecule has 3 rings (SSSR count). The lowest BCUT2D eigenvalue weighted by molar-refractivity contribution is -0.142. The number of aliphatic carboxylic acids is 1. The van der Waals surface area contributed by atoms with Crippen molar-refractivity contribution in [3.05, 3.63) is 34.4 Å². The van der Waals surface area contributed by atoms with Crippen molar-refractivity contribution in [2.75, 3.05) is 0 Å². The third-order valence-corrected chi connectivity index (χ3v) is 5.71. The topological polar surface area (TPSA) is 37.3 Å². The minimum absolute atomic E-state index is 0.170. The summed E-state index contributed by atoms with van der Waals surface area (Å²) in [7, 11) is 0. The van der Waals surface area contributed by atoms with Gasteiger partial charge in [0.05, 0.1) is 5.92 Å². The lowest BCUT2D eigenvalue weighted by Crippen LogP contribution is -2.25. The number of carboxylic acid groups (broad SMARTS) is 1. The summed E-state index contributed by atoms with van der Waals surface area (Å²) in [6.45, 7) is 2.27. The molecule has 2 atom stereocenters. The summed E-state index contributed by atoms with van der Waals surface area (Å²) >= 11 is 0. The summed E-state index contributed by atoms with van der Waals surface area (Å²) in [6, 6.07) is 4.52. The van der Waals surface area contributed by atoms with Crippen LogP contribution in [0.4, 0.5) is 0 Å².